The fraction of sp³-hybridized carbons (Fsp3) is 0.500. The van der Waals surface area contributed by atoms with Crippen LogP contribution in [0.1, 0.15) is 38.2 Å². The van der Waals surface area contributed by atoms with Crippen molar-refractivity contribution in [2.45, 2.75) is 44.6 Å². The first-order valence-electron chi connectivity index (χ1n) is 9.52. The summed E-state index contributed by atoms with van der Waals surface area (Å²) in [4.78, 5) is 4.58. The van der Waals surface area contributed by atoms with Gasteiger partial charge in [-0.3, -0.25) is 4.99 Å². The zero-order valence-corrected chi connectivity index (χ0v) is 15.5. The van der Waals surface area contributed by atoms with E-state index in [0.29, 0.717) is 6.54 Å². The lowest BCUT2D eigenvalue weighted by Gasteiger charge is -2.20. The van der Waals surface area contributed by atoms with Crippen LogP contribution in [0.5, 0.6) is 0 Å². The van der Waals surface area contributed by atoms with Crippen LogP contribution in [0, 0.1) is 0 Å². The third-order valence-corrected chi connectivity index (χ3v) is 4.82. The fourth-order valence-corrected chi connectivity index (χ4v) is 3.32. The Morgan fingerprint density at radius 1 is 1.23 bits per heavy atom. The summed E-state index contributed by atoms with van der Waals surface area (Å²) >= 11 is 0. The molecule has 1 aromatic heterocycles. The zero-order valence-electron chi connectivity index (χ0n) is 15.5. The Labute approximate surface area is 155 Å². The lowest BCUT2D eigenvalue weighted by atomic mass is 10.0. The summed E-state index contributed by atoms with van der Waals surface area (Å²) in [5.74, 6) is 0.779. The van der Waals surface area contributed by atoms with E-state index in [2.05, 4.69) is 51.9 Å². The Bertz CT molecular complexity index is 688. The highest BCUT2D eigenvalue weighted by molar-refractivity contribution is 5.79. The van der Waals surface area contributed by atoms with Crippen molar-refractivity contribution in [1.82, 2.24) is 20.4 Å². The van der Waals surface area contributed by atoms with Crippen LogP contribution in [0.2, 0.25) is 0 Å². The zero-order chi connectivity index (χ0) is 18.2. The molecule has 3 N–H and O–H groups in total. The molecule has 0 saturated heterocycles. The quantitative estimate of drug-likeness (QED) is 0.526. The monoisotopic (exact) mass is 355 g/mol. The number of hydrogen-bond donors (Lipinski definition) is 3. The number of aromatic nitrogens is 2. The van der Waals surface area contributed by atoms with Gasteiger partial charge in [0, 0.05) is 25.5 Å². The molecule has 3 rings (SSSR count). The van der Waals surface area contributed by atoms with E-state index >= 15 is 0 Å². The largest absolute Gasteiger partial charge is 0.388 e. The number of aliphatic imine (C=N–C) groups is 1. The van der Waals surface area contributed by atoms with Crippen LogP contribution in [0.15, 0.2) is 47.7 Å². The molecule has 26 heavy (non-hydrogen) atoms. The van der Waals surface area contributed by atoms with Crippen molar-refractivity contribution in [2.75, 3.05) is 19.6 Å². The topological polar surface area (TPSA) is 74.5 Å². The van der Waals surface area contributed by atoms with Crippen LogP contribution in [0.4, 0.5) is 0 Å². The van der Waals surface area contributed by atoms with Gasteiger partial charge in [-0.15, -0.1) is 0 Å². The predicted molar refractivity (Wildman–Crippen MR) is 105 cm³/mol. The first kappa shape index (κ1) is 18.5. The first-order valence-corrected chi connectivity index (χ1v) is 9.52. The van der Waals surface area contributed by atoms with Crippen LogP contribution in [-0.4, -0.2) is 46.1 Å². The smallest absolute Gasteiger partial charge is 0.191 e. The Morgan fingerprint density at radius 2 is 2.00 bits per heavy atom. The van der Waals surface area contributed by atoms with Gasteiger partial charge in [-0.2, -0.15) is 5.10 Å². The molecule has 0 bridgehead atoms. The molecule has 0 amide bonds. The Kier molecular flexibility index (Phi) is 6.28. The number of nitrogens with zero attached hydrogens (tertiary/aromatic N) is 3. The predicted octanol–water partition coefficient (Wildman–Crippen LogP) is 2.27. The SMILES string of the molecule is CCNC(=NCC1(O)CCCC1)NCCc1ccc(-n2cccn2)cc1. The van der Waals surface area contributed by atoms with Gasteiger partial charge < -0.3 is 15.7 Å². The van der Waals surface area contributed by atoms with Crippen molar-refractivity contribution in [3.63, 3.8) is 0 Å². The van der Waals surface area contributed by atoms with Gasteiger partial charge in [-0.1, -0.05) is 25.0 Å². The van der Waals surface area contributed by atoms with E-state index in [1.54, 1.807) is 6.20 Å². The maximum absolute atomic E-state index is 10.4. The van der Waals surface area contributed by atoms with Crippen molar-refractivity contribution in [3.8, 4) is 5.69 Å². The Hall–Kier alpha value is -2.34. The third kappa shape index (κ3) is 5.08. The standard InChI is InChI=1S/C20H29N5O/c1-2-21-19(23-16-20(26)11-3-4-12-20)22-14-10-17-6-8-18(9-7-17)25-15-5-13-24-25/h5-9,13,15,26H,2-4,10-12,14,16H2,1H3,(H2,21,22,23). The summed E-state index contributed by atoms with van der Waals surface area (Å²) in [5.41, 5.74) is 1.72. The Morgan fingerprint density at radius 3 is 2.65 bits per heavy atom. The summed E-state index contributed by atoms with van der Waals surface area (Å²) in [6, 6.07) is 10.3. The molecule has 140 valence electrons. The minimum absolute atomic E-state index is 0.473. The highest BCUT2D eigenvalue weighted by Gasteiger charge is 2.30. The van der Waals surface area contributed by atoms with Gasteiger partial charge in [0.05, 0.1) is 17.8 Å². The van der Waals surface area contributed by atoms with Crippen molar-refractivity contribution >= 4 is 5.96 Å². The molecule has 0 unspecified atom stereocenters. The maximum Gasteiger partial charge on any atom is 0.191 e. The second kappa shape index (κ2) is 8.85. The molecule has 1 aliphatic carbocycles. The van der Waals surface area contributed by atoms with Crippen LogP contribution >= 0.6 is 0 Å². The van der Waals surface area contributed by atoms with Crippen molar-refractivity contribution in [2.24, 2.45) is 4.99 Å². The number of hydrogen-bond acceptors (Lipinski definition) is 3. The molecule has 0 radical (unpaired) electrons. The molecule has 1 aromatic carbocycles. The number of rotatable bonds is 7. The lowest BCUT2D eigenvalue weighted by Crippen LogP contribution is -2.40. The number of benzene rings is 1. The van der Waals surface area contributed by atoms with Crippen molar-refractivity contribution in [3.05, 3.63) is 48.3 Å². The molecular formula is C20H29N5O. The number of aliphatic hydroxyl groups is 1. The number of nitrogens with one attached hydrogen (secondary N) is 2. The molecule has 6 nitrogen and oxygen atoms in total. The van der Waals surface area contributed by atoms with Gasteiger partial charge in [-0.05, 0) is 49.9 Å². The van der Waals surface area contributed by atoms with E-state index in [4.69, 9.17) is 0 Å². The molecule has 0 aliphatic heterocycles. The lowest BCUT2D eigenvalue weighted by molar-refractivity contribution is 0.0574. The molecule has 0 spiro atoms. The average Bonchev–Trinajstić information content (AvgIpc) is 3.33. The first-order chi connectivity index (χ1) is 12.7. The van der Waals surface area contributed by atoms with E-state index < -0.39 is 5.60 Å². The molecule has 1 aliphatic rings. The molecule has 0 atom stereocenters. The van der Waals surface area contributed by atoms with E-state index in [-0.39, 0.29) is 0 Å². The molecule has 1 heterocycles. The van der Waals surface area contributed by atoms with E-state index in [9.17, 15) is 5.11 Å². The van der Waals surface area contributed by atoms with Crippen LogP contribution < -0.4 is 10.6 Å². The molecular weight excluding hydrogens is 326 g/mol. The van der Waals surface area contributed by atoms with Crippen molar-refractivity contribution < 1.29 is 5.11 Å². The maximum atomic E-state index is 10.4. The fourth-order valence-electron chi connectivity index (χ4n) is 3.32. The van der Waals surface area contributed by atoms with Gasteiger partial charge in [0.15, 0.2) is 5.96 Å². The highest BCUT2D eigenvalue weighted by atomic mass is 16.3. The van der Waals surface area contributed by atoms with Crippen molar-refractivity contribution in [1.29, 1.82) is 0 Å². The molecule has 1 fully saturated rings. The summed E-state index contributed by atoms with van der Waals surface area (Å²) in [6.45, 7) is 4.13. The van der Waals surface area contributed by atoms with E-state index in [1.165, 1.54) is 5.56 Å². The van der Waals surface area contributed by atoms with Crippen LogP contribution in [-0.2, 0) is 6.42 Å². The van der Waals surface area contributed by atoms with Crippen LogP contribution in [0.3, 0.4) is 0 Å². The normalized spacial score (nSPS) is 16.6. The van der Waals surface area contributed by atoms with E-state index in [1.807, 2.05) is 16.9 Å². The summed E-state index contributed by atoms with van der Waals surface area (Å²) < 4.78 is 1.85. The molecule has 1 saturated carbocycles. The second-order valence-electron chi connectivity index (χ2n) is 6.92. The second-order valence-corrected chi connectivity index (χ2v) is 6.92. The Balaban J connectivity index is 1.49. The highest BCUT2D eigenvalue weighted by Crippen LogP contribution is 2.29. The van der Waals surface area contributed by atoms with E-state index in [0.717, 1.165) is 56.8 Å². The minimum atomic E-state index is -0.606. The molecule has 2 aromatic rings. The summed E-state index contributed by atoms with van der Waals surface area (Å²) in [7, 11) is 0. The summed E-state index contributed by atoms with van der Waals surface area (Å²) in [6.07, 6.45) is 8.55. The number of guanidine groups is 1. The minimum Gasteiger partial charge on any atom is -0.388 e. The summed E-state index contributed by atoms with van der Waals surface area (Å²) in [5, 5.41) is 21.3. The van der Waals surface area contributed by atoms with Gasteiger partial charge in [0.2, 0.25) is 0 Å². The van der Waals surface area contributed by atoms with Gasteiger partial charge >= 0.3 is 0 Å². The molecule has 6 heteroatoms. The average molecular weight is 355 g/mol. The van der Waals surface area contributed by atoms with Gasteiger partial charge in [-0.25, -0.2) is 4.68 Å². The van der Waals surface area contributed by atoms with Gasteiger partial charge in [0.1, 0.15) is 0 Å². The van der Waals surface area contributed by atoms with Crippen LogP contribution in [0.25, 0.3) is 5.69 Å². The third-order valence-electron chi connectivity index (χ3n) is 4.82. The van der Waals surface area contributed by atoms with Gasteiger partial charge in [0.25, 0.3) is 0 Å².